The minimum atomic E-state index is -0.263. The van der Waals surface area contributed by atoms with Crippen LogP contribution in [-0.4, -0.2) is 45.6 Å². The fraction of sp³-hybridized carbons (Fsp3) is 0.667. The number of aliphatic imine (C=N–C) groups is 1. The lowest BCUT2D eigenvalue weighted by atomic mass is 10.1. The second kappa shape index (κ2) is 13.2. The molecule has 1 aliphatic heterocycles. The Kier molecular flexibility index (Phi) is 11.0. The van der Waals surface area contributed by atoms with E-state index >= 15 is 0 Å². The molecule has 29 heavy (non-hydrogen) atoms. The summed E-state index contributed by atoms with van der Waals surface area (Å²) in [6.07, 6.45) is 8.63. The van der Waals surface area contributed by atoms with Crippen LogP contribution < -0.4 is 15.4 Å². The van der Waals surface area contributed by atoms with Gasteiger partial charge in [0, 0.05) is 25.7 Å². The third kappa shape index (κ3) is 7.90. The molecule has 3 rings (SSSR count). The molecule has 1 fully saturated rings. The van der Waals surface area contributed by atoms with E-state index in [1.54, 1.807) is 7.05 Å². The van der Waals surface area contributed by atoms with E-state index in [4.69, 9.17) is 14.2 Å². The fourth-order valence-electron chi connectivity index (χ4n) is 3.78. The number of guanidine groups is 1. The van der Waals surface area contributed by atoms with E-state index in [2.05, 4.69) is 15.6 Å². The largest absolute Gasteiger partial charge is 0.467 e. The van der Waals surface area contributed by atoms with E-state index in [0.717, 1.165) is 22.8 Å². The maximum atomic E-state index is 13.8. The van der Waals surface area contributed by atoms with Crippen molar-refractivity contribution in [3.8, 4) is 5.75 Å². The number of nitrogens with one attached hydrogen (secondary N) is 2. The molecule has 1 saturated carbocycles. The Morgan fingerprint density at radius 2 is 1.93 bits per heavy atom. The Morgan fingerprint density at radius 1 is 1.17 bits per heavy atom. The summed E-state index contributed by atoms with van der Waals surface area (Å²) in [4.78, 5) is 4.24. The summed E-state index contributed by atoms with van der Waals surface area (Å²) >= 11 is 0. The molecule has 0 unspecified atom stereocenters. The topological polar surface area (TPSA) is 64.1 Å². The molecule has 0 amide bonds. The third-order valence-electron chi connectivity index (χ3n) is 5.21. The fourth-order valence-corrected chi connectivity index (χ4v) is 3.78. The molecule has 0 spiro atoms. The highest BCUT2D eigenvalue weighted by Gasteiger charge is 2.17. The molecule has 164 valence electrons. The van der Waals surface area contributed by atoms with Gasteiger partial charge in [-0.1, -0.05) is 25.7 Å². The summed E-state index contributed by atoms with van der Waals surface area (Å²) in [5.41, 5.74) is 1.61. The standard InChI is InChI=1S/C21H32FN3O3.HI/c1-23-21(25-10-11-27-19-6-4-2-3-5-7-19)24-9-8-16-12-18(22)13-17-14-26-15-28-20(16)17;/h12-13,19H,2-11,14-15H2,1H3,(H2,23,24,25);1H. The van der Waals surface area contributed by atoms with Crippen molar-refractivity contribution in [1.82, 2.24) is 10.6 Å². The van der Waals surface area contributed by atoms with E-state index < -0.39 is 0 Å². The van der Waals surface area contributed by atoms with Crippen LogP contribution in [0.3, 0.4) is 0 Å². The Bertz CT molecular complexity index is 652. The van der Waals surface area contributed by atoms with Crippen LogP contribution in [0.2, 0.25) is 0 Å². The zero-order valence-corrected chi connectivity index (χ0v) is 19.5. The molecule has 8 heteroatoms. The van der Waals surface area contributed by atoms with Gasteiger partial charge in [-0.25, -0.2) is 4.39 Å². The predicted molar refractivity (Wildman–Crippen MR) is 123 cm³/mol. The molecule has 1 aliphatic carbocycles. The number of halogens is 2. The molecule has 2 N–H and O–H groups in total. The number of rotatable bonds is 7. The van der Waals surface area contributed by atoms with Gasteiger partial charge in [-0.3, -0.25) is 4.99 Å². The molecule has 0 bridgehead atoms. The van der Waals surface area contributed by atoms with Crippen LogP contribution >= 0.6 is 24.0 Å². The molecule has 1 aromatic carbocycles. The first kappa shape index (κ1) is 24.1. The summed E-state index contributed by atoms with van der Waals surface area (Å²) < 4.78 is 30.6. The van der Waals surface area contributed by atoms with E-state index in [9.17, 15) is 4.39 Å². The second-order valence-corrected chi connectivity index (χ2v) is 7.32. The van der Waals surface area contributed by atoms with Crippen LogP contribution in [0.5, 0.6) is 5.75 Å². The summed E-state index contributed by atoms with van der Waals surface area (Å²) in [7, 11) is 1.74. The zero-order chi connectivity index (χ0) is 19.6. The summed E-state index contributed by atoms with van der Waals surface area (Å²) in [5.74, 6) is 1.20. The van der Waals surface area contributed by atoms with Crippen LogP contribution in [0, 0.1) is 5.82 Å². The number of fused-ring (bicyclic) bond motifs is 1. The number of hydrogen-bond donors (Lipinski definition) is 2. The maximum absolute atomic E-state index is 13.8. The second-order valence-electron chi connectivity index (χ2n) is 7.32. The molecule has 0 radical (unpaired) electrons. The predicted octanol–water partition coefficient (Wildman–Crippen LogP) is 3.76. The van der Waals surface area contributed by atoms with E-state index in [-0.39, 0.29) is 36.6 Å². The van der Waals surface area contributed by atoms with Gasteiger partial charge in [0.2, 0.25) is 0 Å². The molecule has 2 aliphatic rings. The highest BCUT2D eigenvalue weighted by atomic mass is 127. The average Bonchev–Trinajstić information content (AvgIpc) is 2.98. The van der Waals surface area contributed by atoms with E-state index in [0.29, 0.717) is 38.8 Å². The molecule has 0 aromatic heterocycles. The van der Waals surface area contributed by atoms with Crippen LogP contribution in [-0.2, 0) is 22.5 Å². The number of nitrogens with zero attached hydrogens (tertiary/aromatic N) is 1. The van der Waals surface area contributed by atoms with Gasteiger partial charge < -0.3 is 24.8 Å². The van der Waals surface area contributed by atoms with Gasteiger partial charge in [-0.2, -0.15) is 0 Å². The quantitative estimate of drug-likeness (QED) is 0.188. The van der Waals surface area contributed by atoms with Crippen molar-refractivity contribution < 1.29 is 18.6 Å². The van der Waals surface area contributed by atoms with Gasteiger partial charge in [0.25, 0.3) is 0 Å². The first-order chi connectivity index (χ1) is 13.8. The average molecular weight is 521 g/mol. The van der Waals surface area contributed by atoms with E-state index in [1.165, 1.54) is 50.7 Å². The Labute approximate surface area is 190 Å². The van der Waals surface area contributed by atoms with Crippen LogP contribution in [0.1, 0.15) is 49.7 Å². The molecule has 0 atom stereocenters. The first-order valence-electron chi connectivity index (χ1n) is 10.3. The monoisotopic (exact) mass is 521 g/mol. The van der Waals surface area contributed by atoms with Crippen molar-refractivity contribution in [2.24, 2.45) is 4.99 Å². The normalized spacial score (nSPS) is 17.5. The summed E-state index contributed by atoms with van der Waals surface area (Å²) in [5, 5.41) is 6.54. The summed E-state index contributed by atoms with van der Waals surface area (Å²) in [6, 6.07) is 3.00. The highest BCUT2D eigenvalue weighted by Crippen LogP contribution is 2.29. The van der Waals surface area contributed by atoms with Crippen molar-refractivity contribution in [3.05, 3.63) is 29.1 Å². The van der Waals surface area contributed by atoms with E-state index in [1.807, 2.05) is 0 Å². The SMILES string of the molecule is CN=C(NCCOC1CCCCCC1)NCCc1cc(F)cc2c1OCOC2.I. The number of benzene rings is 1. The summed E-state index contributed by atoms with van der Waals surface area (Å²) in [6.45, 7) is 2.62. The number of hydrogen-bond acceptors (Lipinski definition) is 4. The zero-order valence-electron chi connectivity index (χ0n) is 17.2. The molecule has 0 saturated heterocycles. The van der Waals surface area contributed by atoms with Crippen molar-refractivity contribution in [3.63, 3.8) is 0 Å². The molecule has 6 nitrogen and oxygen atoms in total. The molecule has 1 aromatic rings. The lowest BCUT2D eigenvalue weighted by Gasteiger charge is -2.21. The Balaban J connectivity index is 0.00000300. The minimum absolute atomic E-state index is 0. The van der Waals surface area contributed by atoms with Crippen LogP contribution in [0.25, 0.3) is 0 Å². The van der Waals surface area contributed by atoms with Crippen molar-refractivity contribution in [1.29, 1.82) is 0 Å². The molecule has 1 heterocycles. The highest BCUT2D eigenvalue weighted by molar-refractivity contribution is 14.0. The first-order valence-corrected chi connectivity index (χ1v) is 10.3. The van der Waals surface area contributed by atoms with Gasteiger partial charge in [-0.05, 0) is 37.0 Å². The lowest BCUT2D eigenvalue weighted by molar-refractivity contribution is -0.0172. The number of ether oxygens (including phenoxy) is 3. The van der Waals surface area contributed by atoms with Gasteiger partial charge in [-0.15, -0.1) is 24.0 Å². The minimum Gasteiger partial charge on any atom is -0.467 e. The van der Waals surface area contributed by atoms with Crippen molar-refractivity contribution in [2.45, 2.75) is 57.7 Å². The third-order valence-corrected chi connectivity index (χ3v) is 5.21. The maximum Gasteiger partial charge on any atom is 0.191 e. The van der Waals surface area contributed by atoms with Gasteiger partial charge in [0.1, 0.15) is 11.6 Å². The molecular formula is C21H33FIN3O3. The smallest absolute Gasteiger partial charge is 0.191 e. The Hall–Kier alpha value is -1.13. The van der Waals surface area contributed by atoms with Crippen molar-refractivity contribution >= 4 is 29.9 Å². The van der Waals surface area contributed by atoms with Crippen LogP contribution in [0.15, 0.2) is 17.1 Å². The van der Waals surface area contributed by atoms with Gasteiger partial charge in [0.15, 0.2) is 12.8 Å². The van der Waals surface area contributed by atoms with Crippen molar-refractivity contribution in [2.75, 3.05) is 33.5 Å². The van der Waals surface area contributed by atoms with Gasteiger partial charge in [0.05, 0.1) is 19.3 Å². The molecular weight excluding hydrogens is 488 g/mol. The van der Waals surface area contributed by atoms with Crippen LogP contribution in [0.4, 0.5) is 4.39 Å². The lowest BCUT2D eigenvalue weighted by Crippen LogP contribution is -2.40. The van der Waals surface area contributed by atoms with Gasteiger partial charge >= 0.3 is 0 Å². The Morgan fingerprint density at radius 3 is 2.69 bits per heavy atom.